The van der Waals surface area contributed by atoms with Crippen LogP contribution in [0.1, 0.15) is 33.2 Å². The van der Waals surface area contributed by atoms with E-state index in [4.69, 9.17) is 0 Å². The summed E-state index contributed by atoms with van der Waals surface area (Å²) in [5, 5.41) is 22.5. The van der Waals surface area contributed by atoms with E-state index in [0.717, 1.165) is 16.7 Å². The molecule has 2 aromatic rings. The van der Waals surface area contributed by atoms with Gasteiger partial charge in [0.2, 0.25) is 0 Å². The number of benzene rings is 2. The number of hydrogen-bond acceptors (Lipinski definition) is 3. The zero-order valence-electron chi connectivity index (χ0n) is 12.1. The van der Waals surface area contributed by atoms with E-state index >= 15 is 0 Å². The van der Waals surface area contributed by atoms with Crippen LogP contribution in [-0.2, 0) is 0 Å². The molecule has 0 aliphatic carbocycles. The van der Waals surface area contributed by atoms with E-state index in [1.165, 1.54) is 6.07 Å². The predicted molar refractivity (Wildman–Crippen MR) is 81.3 cm³/mol. The maximum Gasteiger partial charge on any atom is 0.255 e. The normalized spacial score (nSPS) is 12.0. The van der Waals surface area contributed by atoms with Gasteiger partial charge in [-0.3, -0.25) is 4.79 Å². The highest BCUT2D eigenvalue weighted by Gasteiger charge is 2.14. The summed E-state index contributed by atoms with van der Waals surface area (Å²) in [5.41, 5.74) is 2.84. The Hall–Kier alpha value is -2.33. The minimum atomic E-state index is -0.775. The Labute approximate surface area is 124 Å². The molecule has 0 spiro atoms. The van der Waals surface area contributed by atoms with Crippen LogP contribution in [0.2, 0.25) is 0 Å². The Kier molecular flexibility index (Phi) is 4.60. The van der Waals surface area contributed by atoms with Crippen molar-refractivity contribution < 1.29 is 15.0 Å². The van der Waals surface area contributed by atoms with Gasteiger partial charge in [-0.2, -0.15) is 0 Å². The largest absolute Gasteiger partial charge is 0.507 e. The Balaban J connectivity index is 2.02. The Morgan fingerprint density at radius 2 is 1.90 bits per heavy atom. The first-order chi connectivity index (χ1) is 9.99. The molecule has 110 valence electrons. The molecule has 0 radical (unpaired) electrons. The molecule has 1 unspecified atom stereocenters. The second-order valence-electron chi connectivity index (χ2n) is 5.10. The summed E-state index contributed by atoms with van der Waals surface area (Å²) in [6, 6.07) is 12.3. The van der Waals surface area contributed by atoms with Crippen LogP contribution in [0.3, 0.4) is 0 Å². The second-order valence-corrected chi connectivity index (χ2v) is 5.10. The lowest BCUT2D eigenvalue weighted by Gasteiger charge is -2.15. The van der Waals surface area contributed by atoms with Gasteiger partial charge < -0.3 is 15.5 Å². The van der Waals surface area contributed by atoms with E-state index in [9.17, 15) is 15.0 Å². The fourth-order valence-electron chi connectivity index (χ4n) is 2.19. The molecule has 0 bridgehead atoms. The Morgan fingerprint density at radius 3 is 2.57 bits per heavy atom. The van der Waals surface area contributed by atoms with Gasteiger partial charge in [-0.1, -0.05) is 30.3 Å². The van der Waals surface area contributed by atoms with Crippen LogP contribution in [0.15, 0.2) is 42.5 Å². The van der Waals surface area contributed by atoms with Gasteiger partial charge in [0.25, 0.3) is 5.91 Å². The molecule has 1 amide bonds. The van der Waals surface area contributed by atoms with E-state index in [1.54, 1.807) is 12.1 Å². The van der Waals surface area contributed by atoms with Gasteiger partial charge in [-0.15, -0.1) is 0 Å². The van der Waals surface area contributed by atoms with Crippen LogP contribution in [-0.4, -0.2) is 22.7 Å². The standard InChI is InChI=1S/C17H19NO3/c1-11-7-8-14(15(19)9-11)17(21)18-10-16(20)13-6-4-3-5-12(13)2/h3-9,16,19-20H,10H2,1-2H3,(H,18,21). The fourth-order valence-corrected chi connectivity index (χ4v) is 2.19. The summed E-state index contributed by atoms with van der Waals surface area (Å²) in [7, 11) is 0. The smallest absolute Gasteiger partial charge is 0.255 e. The number of phenolic OH excluding ortho intramolecular Hbond substituents is 1. The van der Waals surface area contributed by atoms with Crippen LogP contribution < -0.4 is 5.32 Å². The van der Waals surface area contributed by atoms with Crippen molar-refractivity contribution >= 4 is 5.91 Å². The highest BCUT2D eigenvalue weighted by Crippen LogP contribution is 2.19. The third-order valence-corrected chi connectivity index (χ3v) is 3.40. The average Bonchev–Trinajstić information content (AvgIpc) is 2.45. The molecule has 0 aliphatic heterocycles. The van der Waals surface area contributed by atoms with Crippen molar-refractivity contribution in [1.29, 1.82) is 0 Å². The molecular formula is C17H19NO3. The fraction of sp³-hybridized carbons (Fsp3) is 0.235. The molecule has 2 rings (SSSR count). The third kappa shape index (κ3) is 3.61. The van der Waals surface area contributed by atoms with Crippen molar-refractivity contribution in [2.45, 2.75) is 20.0 Å². The molecule has 21 heavy (non-hydrogen) atoms. The quantitative estimate of drug-likeness (QED) is 0.808. The number of amides is 1. The molecule has 2 aromatic carbocycles. The van der Waals surface area contributed by atoms with Crippen LogP contribution >= 0.6 is 0 Å². The Morgan fingerprint density at radius 1 is 1.19 bits per heavy atom. The van der Waals surface area contributed by atoms with Crippen LogP contribution in [0, 0.1) is 13.8 Å². The zero-order chi connectivity index (χ0) is 15.4. The molecule has 0 saturated heterocycles. The monoisotopic (exact) mass is 285 g/mol. The molecule has 0 fully saturated rings. The van der Waals surface area contributed by atoms with Gasteiger partial charge in [0.15, 0.2) is 0 Å². The summed E-state index contributed by atoms with van der Waals surface area (Å²) >= 11 is 0. The van der Waals surface area contributed by atoms with Crippen molar-refractivity contribution in [2.24, 2.45) is 0 Å². The SMILES string of the molecule is Cc1ccc(C(=O)NCC(O)c2ccccc2C)c(O)c1. The number of aromatic hydroxyl groups is 1. The van der Waals surface area contributed by atoms with Gasteiger partial charge in [0, 0.05) is 6.54 Å². The van der Waals surface area contributed by atoms with Crippen LogP contribution in [0.5, 0.6) is 5.75 Å². The number of aliphatic hydroxyl groups excluding tert-OH is 1. The van der Waals surface area contributed by atoms with Gasteiger partial charge in [-0.25, -0.2) is 0 Å². The van der Waals surface area contributed by atoms with Crippen molar-refractivity contribution in [3.8, 4) is 5.75 Å². The van der Waals surface area contributed by atoms with E-state index in [1.807, 2.05) is 38.1 Å². The minimum absolute atomic E-state index is 0.0575. The van der Waals surface area contributed by atoms with Gasteiger partial charge in [0.05, 0.1) is 11.7 Å². The van der Waals surface area contributed by atoms with Crippen molar-refractivity contribution in [1.82, 2.24) is 5.32 Å². The van der Waals surface area contributed by atoms with E-state index in [-0.39, 0.29) is 17.9 Å². The van der Waals surface area contributed by atoms with E-state index in [0.29, 0.717) is 0 Å². The van der Waals surface area contributed by atoms with Crippen molar-refractivity contribution in [2.75, 3.05) is 6.54 Å². The number of rotatable bonds is 4. The summed E-state index contributed by atoms with van der Waals surface area (Å²) in [6.45, 7) is 3.84. The summed E-state index contributed by atoms with van der Waals surface area (Å²) < 4.78 is 0. The molecule has 0 aliphatic rings. The van der Waals surface area contributed by atoms with Crippen LogP contribution in [0.4, 0.5) is 0 Å². The predicted octanol–water partition coefficient (Wildman–Crippen LogP) is 2.47. The van der Waals surface area contributed by atoms with Gasteiger partial charge in [-0.05, 0) is 42.7 Å². The molecule has 0 aromatic heterocycles. The highest BCUT2D eigenvalue weighted by atomic mass is 16.3. The second kappa shape index (κ2) is 6.41. The molecule has 4 nitrogen and oxygen atoms in total. The first-order valence-electron chi connectivity index (χ1n) is 6.80. The van der Waals surface area contributed by atoms with Crippen molar-refractivity contribution in [3.63, 3.8) is 0 Å². The number of carbonyl (C=O) groups is 1. The summed E-state index contributed by atoms with van der Waals surface area (Å²) in [6.07, 6.45) is -0.775. The Bertz CT molecular complexity index is 652. The lowest BCUT2D eigenvalue weighted by atomic mass is 10.0. The van der Waals surface area contributed by atoms with E-state index in [2.05, 4.69) is 5.32 Å². The first kappa shape index (κ1) is 15.1. The molecule has 0 heterocycles. The zero-order valence-corrected chi connectivity index (χ0v) is 12.1. The lowest BCUT2D eigenvalue weighted by Crippen LogP contribution is -2.28. The number of phenols is 1. The molecule has 1 atom stereocenters. The average molecular weight is 285 g/mol. The number of hydrogen-bond donors (Lipinski definition) is 3. The number of nitrogens with one attached hydrogen (secondary N) is 1. The molecule has 0 saturated carbocycles. The maximum absolute atomic E-state index is 12.0. The molecular weight excluding hydrogens is 266 g/mol. The van der Waals surface area contributed by atoms with E-state index < -0.39 is 12.0 Å². The van der Waals surface area contributed by atoms with Crippen molar-refractivity contribution in [3.05, 3.63) is 64.7 Å². The number of aryl methyl sites for hydroxylation is 2. The maximum atomic E-state index is 12.0. The minimum Gasteiger partial charge on any atom is -0.507 e. The van der Waals surface area contributed by atoms with Gasteiger partial charge in [0.1, 0.15) is 5.75 Å². The third-order valence-electron chi connectivity index (χ3n) is 3.40. The summed E-state index contributed by atoms with van der Waals surface area (Å²) in [5.74, 6) is -0.460. The highest BCUT2D eigenvalue weighted by molar-refractivity contribution is 5.96. The molecule has 3 N–H and O–H groups in total. The number of carbonyl (C=O) groups excluding carboxylic acids is 1. The lowest BCUT2D eigenvalue weighted by molar-refractivity contribution is 0.0913. The molecule has 4 heteroatoms. The number of aliphatic hydroxyl groups is 1. The summed E-state index contributed by atoms with van der Waals surface area (Å²) in [4.78, 5) is 12.0. The van der Waals surface area contributed by atoms with Crippen LogP contribution in [0.25, 0.3) is 0 Å². The topological polar surface area (TPSA) is 69.6 Å². The van der Waals surface area contributed by atoms with Gasteiger partial charge >= 0.3 is 0 Å². The first-order valence-corrected chi connectivity index (χ1v) is 6.80.